The summed E-state index contributed by atoms with van der Waals surface area (Å²) in [4.78, 5) is 23.2. The molecule has 4 nitrogen and oxygen atoms in total. The number of carbonyl (C=O) groups excluding carboxylic acids is 2. The van der Waals surface area contributed by atoms with Crippen LogP contribution in [-0.4, -0.2) is 49.1 Å². The van der Waals surface area contributed by atoms with E-state index in [0.717, 1.165) is 19.8 Å². The molecule has 116 valence electrons. The third kappa shape index (κ3) is 4.15. The Morgan fingerprint density at radius 3 is 1.76 bits per heavy atom. The second-order valence-corrected chi connectivity index (χ2v) is 7.98. The van der Waals surface area contributed by atoms with E-state index >= 15 is 0 Å². The van der Waals surface area contributed by atoms with E-state index < -0.39 is 34.9 Å². The van der Waals surface area contributed by atoms with Gasteiger partial charge in [-0.05, 0) is 0 Å². The molecule has 0 amide bonds. The molecule has 21 heavy (non-hydrogen) atoms. The van der Waals surface area contributed by atoms with Crippen LogP contribution >= 0.6 is 0 Å². The fourth-order valence-electron chi connectivity index (χ4n) is 1.48. The van der Waals surface area contributed by atoms with Crippen molar-refractivity contribution in [2.45, 2.75) is 12.0 Å². The number of hydrogen-bond donors (Lipinski definition) is 0. The Hall–Kier alpha value is -1.66. The molecule has 1 unspecified atom stereocenters. The number of alkyl halides is 3. The van der Waals surface area contributed by atoms with Crippen LogP contribution in [0.1, 0.15) is 5.56 Å². The van der Waals surface area contributed by atoms with Crippen LogP contribution in [0.2, 0.25) is 0 Å². The van der Waals surface area contributed by atoms with Crippen molar-refractivity contribution in [3.8, 4) is 0 Å². The van der Waals surface area contributed by atoms with Crippen molar-refractivity contribution in [2.24, 2.45) is 0 Å². The SMILES string of the molecule is COC(=O)C(C(=O)OC)=[Se](c1ccc(C)cc1)C(F)(F)F. The van der Waals surface area contributed by atoms with Gasteiger partial charge in [0.2, 0.25) is 0 Å². The minimum absolute atomic E-state index is 0.112. The zero-order chi connectivity index (χ0) is 16.2. The molecular weight excluding hydrogens is 356 g/mol. The zero-order valence-corrected chi connectivity index (χ0v) is 13.2. The fraction of sp³-hybridized carbons (Fsp3) is 0.308. The van der Waals surface area contributed by atoms with E-state index in [0.29, 0.717) is 0 Å². The van der Waals surface area contributed by atoms with Gasteiger partial charge in [0.05, 0.1) is 0 Å². The van der Waals surface area contributed by atoms with E-state index in [-0.39, 0.29) is 4.46 Å². The molecule has 0 fully saturated rings. The van der Waals surface area contributed by atoms with Crippen molar-refractivity contribution < 1.29 is 32.2 Å². The Kier molecular flexibility index (Phi) is 5.69. The molecule has 0 heterocycles. The van der Waals surface area contributed by atoms with Gasteiger partial charge in [0.15, 0.2) is 0 Å². The fourth-order valence-corrected chi connectivity index (χ4v) is 4.92. The summed E-state index contributed by atoms with van der Waals surface area (Å²) in [5, 5.41) is -4.72. The Labute approximate surface area is 123 Å². The zero-order valence-electron chi connectivity index (χ0n) is 11.5. The van der Waals surface area contributed by atoms with Crippen molar-refractivity contribution in [1.82, 2.24) is 0 Å². The summed E-state index contributed by atoms with van der Waals surface area (Å²) in [5.41, 5.74) is 0.768. The summed E-state index contributed by atoms with van der Waals surface area (Å²) in [7, 11) is 1.83. The van der Waals surface area contributed by atoms with Gasteiger partial charge in [-0.2, -0.15) is 0 Å². The molecule has 1 aromatic carbocycles. The summed E-state index contributed by atoms with van der Waals surface area (Å²) < 4.78 is 47.6. The first-order valence-corrected chi connectivity index (χ1v) is 8.20. The molecule has 1 atom stereocenters. The number of carbonyl (C=O) groups is 2. The summed E-state index contributed by atoms with van der Waals surface area (Å²) >= 11 is -3.93. The number of halogens is 3. The first-order valence-electron chi connectivity index (χ1n) is 5.63. The maximum atomic E-state index is 13.4. The summed E-state index contributed by atoms with van der Waals surface area (Å²) in [6, 6.07) is 5.51. The van der Waals surface area contributed by atoms with Gasteiger partial charge < -0.3 is 0 Å². The van der Waals surface area contributed by atoms with E-state index in [2.05, 4.69) is 9.47 Å². The second kappa shape index (κ2) is 6.87. The monoisotopic (exact) mass is 370 g/mol. The van der Waals surface area contributed by atoms with Gasteiger partial charge in [-0.3, -0.25) is 0 Å². The van der Waals surface area contributed by atoms with Crippen LogP contribution in [0.5, 0.6) is 0 Å². The number of hydrogen-bond acceptors (Lipinski definition) is 4. The van der Waals surface area contributed by atoms with Crippen LogP contribution in [0, 0.1) is 6.92 Å². The molecule has 8 heteroatoms. The van der Waals surface area contributed by atoms with Crippen LogP contribution in [0.4, 0.5) is 13.2 Å². The first-order chi connectivity index (χ1) is 9.72. The molecule has 0 aliphatic heterocycles. The van der Waals surface area contributed by atoms with E-state index in [1.54, 1.807) is 6.92 Å². The summed E-state index contributed by atoms with van der Waals surface area (Å²) in [5.74, 6) is -2.63. The number of methoxy groups -OCH3 is 2. The Bertz CT molecular complexity index is 558. The Morgan fingerprint density at radius 2 is 1.43 bits per heavy atom. The molecular formula is C13H13F3O4Se. The van der Waals surface area contributed by atoms with Crippen molar-refractivity contribution in [3.05, 3.63) is 29.8 Å². The van der Waals surface area contributed by atoms with Crippen LogP contribution < -0.4 is 4.46 Å². The summed E-state index contributed by atoms with van der Waals surface area (Å²) in [6.07, 6.45) is 0. The Balaban J connectivity index is 3.66. The molecule has 1 rings (SSSR count). The van der Waals surface area contributed by atoms with Gasteiger partial charge in [-0.1, -0.05) is 0 Å². The van der Waals surface area contributed by atoms with Crippen LogP contribution in [-0.2, 0) is 19.1 Å². The van der Waals surface area contributed by atoms with Gasteiger partial charge in [-0.25, -0.2) is 0 Å². The van der Waals surface area contributed by atoms with Crippen molar-refractivity contribution >= 4 is 34.3 Å². The van der Waals surface area contributed by atoms with Gasteiger partial charge >= 0.3 is 123 Å². The number of rotatable bonds is 3. The van der Waals surface area contributed by atoms with E-state index in [1.165, 1.54) is 24.3 Å². The van der Waals surface area contributed by atoms with E-state index in [1.807, 2.05) is 0 Å². The number of ether oxygens (including phenoxy) is 2. The third-order valence-corrected chi connectivity index (χ3v) is 6.52. The quantitative estimate of drug-likeness (QED) is 0.451. The van der Waals surface area contributed by atoms with Crippen molar-refractivity contribution in [3.63, 3.8) is 0 Å². The minimum atomic E-state index is -4.72. The molecule has 0 aliphatic rings. The van der Waals surface area contributed by atoms with Gasteiger partial charge in [-0.15, -0.1) is 0 Å². The Morgan fingerprint density at radius 1 is 1.00 bits per heavy atom. The normalized spacial score (nSPS) is 12.5. The molecule has 0 bridgehead atoms. The average molecular weight is 369 g/mol. The maximum absolute atomic E-state index is 13.4. The molecule has 0 radical (unpaired) electrons. The third-order valence-electron chi connectivity index (χ3n) is 2.43. The predicted octanol–water partition coefficient (Wildman–Crippen LogP) is 0.898. The van der Waals surface area contributed by atoms with Crippen LogP contribution in [0.25, 0.3) is 0 Å². The topological polar surface area (TPSA) is 52.6 Å². The number of aryl methyl sites for hydroxylation is 1. The molecule has 0 aromatic heterocycles. The van der Waals surface area contributed by atoms with Gasteiger partial charge in [0, 0.05) is 0 Å². The van der Waals surface area contributed by atoms with Crippen molar-refractivity contribution in [1.29, 1.82) is 0 Å². The molecule has 0 N–H and O–H groups in total. The van der Waals surface area contributed by atoms with Crippen LogP contribution in [0.3, 0.4) is 0 Å². The van der Waals surface area contributed by atoms with Gasteiger partial charge in [0.1, 0.15) is 0 Å². The van der Waals surface area contributed by atoms with E-state index in [4.69, 9.17) is 0 Å². The molecule has 0 saturated carbocycles. The van der Waals surface area contributed by atoms with Gasteiger partial charge in [0.25, 0.3) is 0 Å². The molecule has 0 aliphatic carbocycles. The number of benzene rings is 1. The first kappa shape index (κ1) is 17.4. The second-order valence-electron chi connectivity index (χ2n) is 3.88. The summed E-state index contributed by atoms with van der Waals surface area (Å²) in [6.45, 7) is 1.72. The van der Waals surface area contributed by atoms with Crippen LogP contribution in [0.15, 0.2) is 24.3 Å². The van der Waals surface area contributed by atoms with E-state index in [9.17, 15) is 22.8 Å². The average Bonchev–Trinajstić information content (AvgIpc) is 2.43. The standard InChI is InChI=1S/C13H13F3O4Se/c1-8-4-6-9(7-5-8)21(13(14,15)16)10(11(17)19-2)12(18)20-3/h4-7H,1-3H3. The predicted molar refractivity (Wildman–Crippen MR) is 71.7 cm³/mol. The molecule has 0 saturated heterocycles. The van der Waals surface area contributed by atoms with Crippen molar-refractivity contribution in [2.75, 3.05) is 14.2 Å². The number of esters is 2. The molecule has 0 spiro atoms. The molecule has 1 aromatic rings.